The van der Waals surface area contributed by atoms with Crippen LogP contribution in [0.2, 0.25) is 0 Å². The van der Waals surface area contributed by atoms with E-state index < -0.39 is 0 Å². The Labute approximate surface area is 133 Å². The van der Waals surface area contributed by atoms with Crippen molar-refractivity contribution in [1.29, 1.82) is 0 Å². The van der Waals surface area contributed by atoms with E-state index in [2.05, 4.69) is 27.1 Å². The van der Waals surface area contributed by atoms with E-state index in [1.54, 1.807) is 11.3 Å². The van der Waals surface area contributed by atoms with Crippen LogP contribution in [0.5, 0.6) is 0 Å². The van der Waals surface area contributed by atoms with Gasteiger partial charge in [-0.25, -0.2) is 4.98 Å². The van der Waals surface area contributed by atoms with Crippen LogP contribution < -0.4 is 5.32 Å². The number of rotatable bonds is 6. The van der Waals surface area contributed by atoms with Gasteiger partial charge in [0.1, 0.15) is 5.65 Å². The number of carbonyl (C=O) groups excluding carboxylic acids is 1. The molecule has 0 aliphatic heterocycles. The molecule has 3 aromatic rings. The van der Waals surface area contributed by atoms with Gasteiger partial charge in [0.05, 0.1) is 5.69 Å². The van der Waals surface area contributed by atoms with Crippen molar-refractivity contribution in [2.45, 2.75) is 32.2 Å². The highest BCUT2D eigenvalue weighted by Crippen LogP contribution is 2.09. The molecule has 0 aromatic carbocycles. The summed E-state index contributed by atoms with van der Waals surface area (Å²) in [6.07, 6.45) is 5.96. The predicted molar refractivity (Wildman–Crippen MR) is 89.1 cm³/mol. The van der Waals surface area contributed by atoms with Crippen LogP contribution in [0.1, 0.15) is 24.6 Å². The molecule has 1 N–H and O–H groups in total. The monoisotopic (exact) mass is 313 g/mol. The van der Waals surface area contributed by atoms with E-state index >= 15 is 0 Å². The van der Waals surface area contributed by atoms with Gasteiger partial charge in [0.25, 0.3) is 0 Å². The fraction of sp³-hybridized carbons (Fsp3) is 0.294. The summed E-state index contributed by atoms with van der Waals surface area (Å²) in [6.45, 7) is 2.04. The third kappa shape index (κ3) is 3.74. The molecule has 0 aliphatic carbocycles. The highest BCUT2D eigenvalue weighted by Gasteiger charge is 2.10. The fourth-order valence-corrected chi connectivity index (χ4v) is 3.19. The van der Waals surface area contributed by atoms with Crippen LogP contribution in [0.25, 0.3) is 5.65 Å². The number of thiophene rings is 1. The number of nitrogens with zero attached hydrogens (tertiary/aromatic N) is 2. The quantitative estimate of drug-likeness (QED) is 0.760. The Morgan fingerprint density at radius 3 is 3.09 bits per heavy atom. The van der Waals surface area contributed by atoms with Gasteiger partial charge in [-0.05, 0) is 54.3 Å². The Morgan fingerprint density at radius 2 is 2.32 bits per heavy atom. The summed E-state index contributed by atoms with van der Waals surface area (Å²) < 4.78 is 1.98. The van der Waals surface area contributed by atoms with Crippen LogP contribution in [-0.2, 0) is 17.6 Å². The molecule has 0 fully saturated rings. The largest absolute Gasteiger partial charge is 0.353 e. The number of fused-ring (bicyclic) bond motifs is 1. The topological polar surface area (TPSA) is 46.4 Å². The van der Waals surface area contributed by atoms with Crippen molar-refractivity contribution in [2.75, 3.05) is 0 Å². The van der Waals surface area contributed by atoms with E-state index in [0.29, 0.717) is 12.8 Å². The minimum absolute atomic E-state index is 0.0831. The number of aromatic nitrogens is 2. The zero-order valence-electron chi connectivity index (χ0n) is 12.5. The van der Waals surface area contributed by atoms with Crippen molar-refractivity contribution in [1.82, 2.24) is 14.7 Å². The van der Waals surface area contributed by atoms with Crippen LogP contribution in [0.15, 0.2) is 47.4 Å². The molecule has 0 unspecified atom stereocenters. The highest BCUT2D eigenvalue weighted by molar-refractivity contribution is 7.07. The molecule has 5 heteroatoms. The lowest BCUT2D eigenvalue weighted by molar-refractivity contribution is -0.121. The number of hydrogen-bond donors (Lipinski definition) is 1. The van der Waals surface area contributed by atoms with E-state index in [4.69, 9.17) is 0 Å². The zero-order valence-corrected chi connectivity index (χ0v) is 13.3. The molecule has 114 valence electrons. The van der Waals surface area contributed by atoms with Crippen LogP contribution in [-0.4, -0.2) is 21.3 Å². The fourth-order valence-electron chi connectivity index (χ4n) is 2.51. The summed E-state index contributed by atoms with van der Waals surface area (Å²) in [6, 6.07) is 8.15. The van der Waals surface area contributed by atoms with E-state index in [1.807, 2.05) is 41.9 Å². The first kappa shape index (κ1) is 14.8. The molecule has 1 amide bonds. The third-order valence-electron chi connectivity index (χ3n) is 3.55. The van der Waals surface area contributed by atoms with E-state index in [0.717, 1.165) is 17.8 Å². The van der Waals surface area contributed by atoms with Gasteiger partial charge in [0.15, 0.2) is 0 Å². The summed E-state index contributed by atoms with van der Waals surface area (Å²) in [4.78, 5) is 16.5. The summed E-state index contributed by atoms with van der Waals surface area (Å²) in [5.74, 6) is 0.0831. The molecule has 22 heavy (non-hydrogen) atoms. The molecular weight excluding hydrogens is 294 g/mol. The molecule has 0 saturated carbocycles. The van der Waals surface area contributed by atoms with E-state index in [-0.39, 0.29) is 11.9 Å². The average Bonchev–Trinajstić information content (AvgIpc) is 3.13. The normalized spacial score (nSPS) is 12.4. The maximum atomic E-state index is 12.0. The Balaban J connectivity index is 1.49. The maximum Gasteiger partial charge on any atom is 0.220 e. The van der Waals surface area contributed by atoms with Gasteiger partial charge in [0, 0.05) is 24.9 Å². The number of imidazole rings is 1. The van der Waals surface area contributed by atoms with Crippen molar-refractivity contribution >= 4 is 22.9 Å². The second-order valence-electron chi connectivity index (χ2n) is 5.50. The molecule has 0 spiro atoms. The molecular formula is C17H19N3OS. The lowest BCUT2D eigenvalue weighted by atomic mass is 10.1. The molecule has 4 nitrogen and oxygen atoms in total. The first-order valence-electron chi connectivity index (χ1n) is 7.44. The molecule has 0 aliphatic rings. The standard InChI is InChI=1S/C17H19N3OS/c1-13(10-14-7-9-22-12-14)18-17(21)6-5-15-11-20-8-3-2-4-16(20)19-15/h2-4,7-9,11-13H,5-6,10H2,1H3,(H,18,21)/t13-/m1/s1. The zero-order chi connectivity index (χ0) is 15.4. The minimum atomic E-state index is 0.0831. The molecule has 0 radical (unpaired) electrons. The van der Waals surface area contributed by atoms with Crippen molar-refractivity contribution < 1.29 is 4.79 Å². The SMILES string of the molecule is C[C@H](Cc1ccsc1)NC(=O)CCc1cn2ccccc2n1. The third-order valence-corrected chi connectivity index (χ3v) is 4.28. The van der Waals surface area contributed by atoms with Gasteiger partial charge < -0.3 is 9.72 Å². The Morgan fingerprint density at radius 1 is 1.41 bits per heavy atom. The van der Waals surface area contributed by atoms with Crippen LogP contribution in [0, 0.1) is 0 Å². The molecule has 0 bridgehead atoms. The lowest BCUT2D eigenvalue weighted by Crippen LogP contribution is -2.34. The molecule has 3 heterocycles. The molecule has 3 aromatic heterocycles. The number of nitrogens with one attached hydrogen (secondary N) is 1. The predicted octanol–water partition coefficient (Wildman–Crippen LogP) is 3.08. The van der Waals surface area contributed by atoms with Crippen LogP contribution >= 0.6 is 11.3 Å². The van der Waals surface area contributed by atoms with Crippen molar-refractivity contribution in [2.24, 2.45) is 0 Å². The number of hydrogen-bond acceptors (Lipinski definition) is 3. The second-order valence-corrected chi connectivity index (χ2v) is 6.28. The first-order chi connectivity index (χ1) is 10.7. The van der Waals surface area contributed by atoms with Gasteiger partial charge in [-0.3, -0.25) is 4.79 Å². The van der Waals surface area contributed by atoms with Gasteiger partial charge in [0.2, 0.25) is 5.91 Å². The summed E-state index contributed by atoms with van der Waals surface area (Å²) in [5, 5.41) is 7.24. The molecule has 1 atom stereocenters. The maximum absolute atomic E-state index is 12.0. The van der Waals surface area contributed by atoms with Gasteiger partial charge >= 0.3 is 0 Å². The summed E-state index contributed by atoms with van der Waals surface area (Å²) in [5.41, 5.74) is 3.15. The van der Waals surface area contributed by atoms with E-state index in [9.17, 15) is 4.79 Å². The number of aryl methyl sites for hydroxylation is 1. The Bertz CT molecular complexity index is 715. The Hall–Kier alpha value is -2.14. The van der Waals surface area contributed by atoms with Gasteiger partial charge in [-0.15, -0.1) is 0 Å². The van der Waals surface area contributed by atoms with Gasteiger partial charge in [-0.1, -0.05) is 6.07 Å². The highest BCUT2D eigenvalue weighted by atomic mass is 32.1. The minimum Gasteiger partial charge on any atom is -0.353 e. The van der Waals surface area contributed by atoms with Gasteiger partial charge in [-0.2, -0.15) is 11.3 Å². The summed E-state index contributed by atoms with van der Waals surface area (Å²) >= 11 is 1.69. The van der Waals surface area contributed by atoms with Crippen LogP contribution in [0.3, 0.4) is 0 Å². The molecule has 3 rings (SSSR count). The number of pyridine rings is 1. The van der Waals surface area contributed by atoms with Crippen LogP contribution in [0.4, 0.5) is 0 Å². The van der Waals surface area contributed by atoms with E-state index in [1.165, 1.54) is 5.56 Å². The number of amides is 1. The Kier molecular flexibility index (Phi) is 4.53. The summed E-state index contributed by atoms with van der Waals surface area (Å²) in [7, 11) is 0. The smallest absolute Gasteiger partial charge is 0.220 e. The van der Waals surface area contributed by atoms with Crippen molar-refractivity contribution in [3.63, 3.8) is 0 Å². The first-order valence-corrected chi connectivity index (χ1v) is 8.38. The lowest BCUT2D eigenvalue weighted by Gasteiger charge is -2.12. The number of carbonyl (C=O) groups is 1. The van der Waals surface area contributed by atoms with Crippen molar-refractivity contribution in [3.05, 3.63) is 58.7 Å². The van der Waals surface area contributed by atoms with Crippen molar-refractivity contribution in [3.8, 4) is 0 Å². The average molecular weight is 313 g/mol. The molecule has 0 saturated heterocycles. The second kappa shape index (κ2) is 6.75.